The first-order valence-corrected chi connectivity index (χ1v) is 7.97. The van der Waals surface area contributed by atoms with Crippen LogP contribution < -0.4 is 10.6 Å². The third-order valence-corrected chi connectivity index (χ3v) is 4.25. The molecule has 0 radical (unpaired) electrons. The molecule has 0 amide bonds. The lowest BCUT2D eigenvalue weighted by molar-refractivity contribution is 0.0216. The van der Waals surface area contributed by atoms with Gasteiger partial charge in [0.1, 0.15) is 5.82 Å². The molecule has 2 rings (SSSR count). The van der Waals surface area contributed by atoms with Crippen LogP contribution in [-0.4, -0.2) is 32.3 Å². The van der Waals surface area contributed by atoms with Crippen LogP contribution in [0.15, 0.2) is 18.2 Å². The molecule has 118 valence electrons. The minimum Gasteiger partial charge on any atom is -0.376 e. The van der Waals surface area contributed by atoms with Crippen molar-refractivity contribution in [3.8, 4) is 0 Å². The zero-order valence-electron chi connectivity index (χ0n) is 13.1. The molecule has 2 unspecified atom stereocenters. The summed E-state index contributed by atoms with van der Waals surface area (Å²) >= 11 is 0. The van der Waals surface area contributed by atoms with Crippen molar-refractivity contribution in [2.24, 2.45) is 5.73 Å². The van der Waals surface area contributed by atoms with Crippen molar-refractivity contribution in [1.82, 2.24) is 0 Å². The molecule has 0 spiro atoms. The summed E-state index contributed by atoms with van der Waals surface area (Å²) in [5.74, 6) is -0.159. The summed E-state index contributed by atoms with van der Waals surface area (Å²) in [6, 6.07) is 5.26. The van der Waals surface area contributed by atoms with Gasteiger partial charge in [0.05, 0.1) is 6.10 Å². The Morgan fingerprint density at radius 3 is 2.90 bits per heavy atom. The molecule has 1 aliphatic heterocycles. The van der Waals surface area contributed by atoms with Crippen LogP contribution >= 0.6 is 0 Å². The topological polar surface area (TPSA) is 38.5 Å². The zero-order valence-corrected chi connectivity index (χ0v) is 13.1. The fraction of sp³-hybridized carbons (Fsp3) is 0.647. The second-order valence-corrected chi connectivity index (χ2v) is 5.98. The molecular formula is C17H27FN2O. The van der Waals surface area contributed by atoms with E-state index in [-0.39, 0.29) is 18.0 Å². The summed E-state index contributed by atoms with van der Waals surface area (Å²) in [5.41, 5.74) is 7.68. The minimum atomic E-state index is -0.159. The molecular weight excluding hydrogens is 267 g/mol. The van der Waals surface area contributed by atoms with Crippen LogP contribution in [0.4, 0.5) is 10.1 Å². The summed E-state index contributed by atoms with van der Waals surface area (Å²) in [6.07, 6.45) is 5.13. The van der Waals surface area contributed by atoms with Crippen LogP contribution in [0.1, 0.15) is 38.2 Å². The second kappa shape index (κ2) is 7.76. The maximum absolute atomic E-state index is 14.2. The van der Waals surface area contributed by atoms with Gasteiger partial charge in [-0.1, -0.05) is 13.0 Å². The Labute approximate surface area is 127 Å². The van der Waals surface area contributed by atoms with E-state index in [2.05, 4.69) is 4.90 Å². The largest absolute Gasteiger partial charge is 0.376 e. The molecule has 3 nitrogen and oxygen atoms in total. The van der Waals surface area contributed by atoms with Crippen molar-refractivity contribution >= 4 is 5.69 Å². The molecule has 2 atom stereocenters. The molecule has 4 heteroatoms. The molecule has 2 N–H and O–H groups in total. The van der Waals surface area contributed by atoms with Crippen molar-refractivity contribution in [3.05, 3.63) is 29.6 Å². The van der Waals surface area contributed by atoms with Gasteiger partial charge in [0, 0.05) is 37.5 Å². The quantitative estimate of drug-likeness (QED) is 0.876. The van der Waals surface area contributed by atoms with Gasteiger partial charge in [-0.25, -0.2) is 4.39 Å². The van der Waals surface area contributed by atoms with Crippen LogP contribution in [0.25, 0.3) is 0 Å². The lowest BCUT2D eigenvalue weighted by Gasteiger charge is -2.30. The Morgan fingerprint density at radius 2 is 2.24 bits per heavy atom. The number of halogens is 1. The highest BCUT2D eigenvalue weighted by atomic mass is 19.1. The van der Waals surface area contributed by atoms with Gasteiger partial charge in [-0.3, -0.25) is 0 Å². The summed E-state index contributed by atoms with van der Waals surface area (Å²) < 4.78 is 20.0. The highest BCUT2D eigenvalue weighted by Gasteiger charge is 2.19. The molecule has 0 aliphatic carbocycles. The number of likely N-dealkylation sites (N-methyl/N-ethyl adjacent to an activating group) is 1. The smallest absolute Gasteiger partial charge is 0.128 e. The fourth-order valence-electron chi connectivity index (χ4n) is 2.87. The van der Waals surface area contributed by atoms with Gasteiger partial charge in [0.15, 0.2) is 0 Å². The van der Waals surface area contributed by atoms with Gasteiger partial charge in [-0.05, 0) is 44.2 Å². The van der Waals surface area contributed by atoms with E-state index in [9.17, 15) is 4.39 Å². The van der Waals surface area contributed by atoms with E-state index in [0.717, 1.165) is 43.7 Å². The maximum atomic E-state index is 14.2. The van der Waals surface area contributed by atoms with Crippen molar-refractivity contribution in [2.45, 2.75) is 51.2 Å². The summed E-state index contributed by atoms with van der Waals surface area (Å²) in [6.45, 7) is 3.68. The first-order chi connectivity index (χ1) is 10.1. The average Bonchev–Trinajstić information content (AvgIpc) is 2.50. The number of anilines is 1. The van der Waals surface area contributed by atoms with Crippen molar-refractivity contribution < 1.29 is 9.13 Å². The Hall–Kier alpha value is -1.13. The Kier molecular flexibility index (Phi) is 6.00. The summed E-state index contributed by atoms with van der Waals surface area (Å²) in [4.78, 5) is 2.11. The second-order valence-electron chi connectivity index (χ2n) is 5.98. The highest BCUT2D eigenvalue weighted by molar-refractivity contribution is 5.54. The highest BCUT2D eigenvalue weighted by Crippen LogP contribution is 2.25. The Morgan fingerprint density at radius 1 is 1.43 bits per heavy atom. The fourth-order valence-corrected chi connectivity index (χ4v) is 2.87. The average molecular weight is 294 g/mol. The van der Waals surface area contributed by atoms with Gasteiger partial charge in [-0.2, -0.15) is 0 Å². The van der Waals surface area contributed by atoms with Gasteiger partial charge in [0.2, 0.25) is 0 Å². The molecule has 1 heterocycles. The van der Waals surface area contributed by atoms with E-state index in [0.29, 0.717) is 6.42 Å². The van der Waals surface area contributed by atoms with Crippen molar-refractivity contribution in [2.75, 3.05) is 25.1 Å². The number of rotatable bonds is 6. The van der Waals surface area contributed by atoms with Crippen LogP contribution in [0.5, 0.6) is 0 Å². The van der Waals surface area contributed by atoms with Gasteiger partial charge in [0.25, 0.3) is 0 Å². The molecule has 0 saturated carbocycles. The van der Waals surface area contributed by atoms with Crippen LogP contribution in [0, 0.1) is 5.82 Å². The molecule has 1 aromatic carbocycles. The molecule has 21 heavy (non-hydrogen) atoms. The molecule has 1 aromatic rings. The number of hydrogen-bond donors (Lipinski definition) is 1. The minimum absolute atomic E-state index is 0.0000180. The van der Waals surface area contributed by atoms with Crippen LogP contribution in [0.2, 0.25) is 0 Å². The number of ether oxygens (including phenoxy) is 1. The lowest BCUT2D eigenvalue weighted by Crippen LogP contribution is -2.34. The van der Waals surface area contributed by atoms with E-state index in [1.54, 1.807) is 6.07 Å². The zero-order chi connectivity index (χ0) is 15.2. The van der Waals surface area contributed by atoms with Crippen molar-refractivity contribution in [3.63, 3.8) is 0 Å². The molecule has 1 saturated heterocycles. The molecule has 1 aliphatic rings. The molecule has 1 fully saturated rings. The molecule has 0 bridgehead atoms. The van der Waals surface area contributed by atoms with E-state index in [4.69, 9.17) is 10.5 Å². The third-order valence-electron chi connectivity index (χ3n) is 4.25. The van der Waals surface area contributed by atoms with Gasteiger partial charge < -0.3 is 15.4 Å². The van der Waals surface area contributed by atoms with Gasteiger partial charge in [-0.15, -0.1) is 0 Å². The van der Waals surface area contributed by atoms with Crippen LogP contribution in [-0.2, 0) is 11.2 Å². The van der Waals surface area contributed by atoms with Gasteiger partial charge >= 0.3 is 0 Å². The Bertz CT molecular complexity index is 446. The predicted molar refractivity (Wildman–Crippen MR) is 85.2 cm³/mol. The van der Waals surface area contributed by atoms with Crippen LogP contribution in [0.3, 0.4) is 0 Å². The predicted octanol–water partition coefficient (Wildman–Crippen LogP) is 3.11. The SMILES string of the molecule is CCC(N)Cc1c(F)cccc1N(C)CC1CCCCO1. The van der Waals surface area contributed by atoms with E-state index in [1.165, 1.54) is 12.5 Å². The number of nitrogens with two attached hydrogens (primary N) is 1. The summed E-state index contributed by atoms with van der Waals surface area (Å²) in [5, 5.41) is 0. The first-order valence-electron chi connectivity index (χ1n) is 7.97. The van der Waals surface area contributed by atoms with E-state index < -0.39 is 0 Å². The summed E-state index contributed by atoms with van der Waals surface area (Å²) in [7, 11) is 2.01. The number of hydrogen-bond acceptors (Lipinski definition) is 3. The standard InChI is InChI=1S/C17H27FN2O/c1-3-13(19)11-15-16(18)8-6-9-17(15)20(2)12-14-7-4-5-10-21-14/h6,8-9,13-14H,3-5,7,10-12,19H2,1-2H3. The van der Waals surface area contributed by atoms with E-state index in [1.807, 2.05) is 20.0 Å². The first kappa shape index (κ1) is 16.2. The maximum Gasteiger partial charge on any atom is 0.128 e. The Balaban J connectivity index is 2.11. The molecule has 0 aromatic heterocycles. The van der Waals surface area contributed by atoms with Crippen molar-refractivity contribution in [1.29, 1.82) is 0 Å². The third kappa shape index (κ3) is 4.42. The number of nitrogens with zero attached hydrogens (tertiary/aromatic N) is 1. The normalized spacial score (nSPS) is 20.3. The monoisotopic (exact) mass is 294 g/mol. The lowest BCUT2D eigenvalue weighted by atomic mass is 10.0. The van der Waals surface area contributed by atoms with E-state index >= 15 is 0 Å². The number of benzene rings is 1.